The fourth-order valence-corrected chi connectivity index (χ4v) is 2.61. The average molecular weight is 355 g/mol. The number of pyridine rings is 1. The molecular formula is C20H19ClN2O2. The number of aliphatic hydroxyl groups is 1. The summed E-state index contributed by atoms with van der Waals surface area (Å²) in [6, 6.07) is 17.0. The van der Waals surface area contributed by atoms with E-state index in [0.29, 0.717) is 12.1 Å². The van der Waals surface area contributed by atoms with Crippen molar-refractivity contribution in [3.63, 3.8) is 0 Å². The van der Waals surface area contributed by atoms with E-state index >= 15 is 0 Å². The highest BCUT2D eigenvalue weighted by atomic mass is 35.5. The van der Waals surface area contributed by atoms with Crippen molar-refractivity contribution in [3.8, 4) is 5.75 Å². The molecule has 0 bridgehead atoms. The second-order valence-corrected chi connectivity index (χ2v) is 6.00. The van der Waals surface area contributed by atoms with Crippen LogP contribution in [0.25, 0.3) is 23.1 Å². The number of para-hydroxylation sites is 2. The van der Waals surface area contributed by atoms with Crippen molar-refractivity contribution in [3.05, 3.63) is 65.9 Å². The van der Waals surface area contributed by atoms with Gasteiger partial charge in [0, 0.05) is 17.6 Å². The van der Waals surface area contributed by atoms with Gasteiger partial charge in [-0.25, -0.2) is 4.98 Å². The lowest BCUT2D eigenvalue weighted by Crippen LogP contribution is -2.21. The van der Waals surface area contributed by atoms with Gasteiger partial charge in [0.05, 0.1) is 17.7 Å². The zero-order chi connectivity index (χ0) is 17.6. The van der Waals surface area contributed by atoms with Crippen LogP contribution < -0.4 is 5.32 Å². The van der Waals surface area contributed by atoms with Crippen molar-refractivity contribution in [2.75, 3.05) is 17.7 Å². The number of aromatic nitrogens is 1. The maximum Gasteiger partial charge on any atom is 0.141 e. The standard InChI is InChI=1S/C20H19ClN2O2/c21-12-17(24)13-22-18-6-2-1-4-14(18)8-10-16-11-9-15-5-3-7-19(25)20(15)23-16/h1-11,17,22,24-25H,12-13H2. The molecule has 0 saturated carbocycles. The smallest absolute Gasteiger partial charge is 0.141 e. The Morgan fingerprint density at radius 2 is 1.88 bits per heavy atom. The molecule has 128 valence electrons. The third-order valence-electron chi connectivity index (χ3n) is 3.82. The van der Waals surface area contributed by atoms with Crippen LogP contribution in [0.2, 0.25) is 0 Å². The van der Waals surface area contributed by atoms with Crippen LogP contribution in [-0.4, -0.2) is 33.7 Å². The first-order valence-corrected chi connectivity index (χ1v) is 8.54. The number of nitrogens with one attached hydrogen (secondary N) is 1. The monoisotopic (exact) mass is 354 g/mol. The molecule has 0 fully saturated rings. The highest BCUT2D eigenvalue weighted by Crippen LogP contribution is 2.23. The Labute approximate surface area is 151 Å². The SMILES string of the molecule is Oc1cccc2ccc(C=Cc3ccccc3NCC(O)CCl)nc12. The van der Waals surface area contributed by atoms with E-state index in [-0.39, 0.29) is 11.6 Å². The Morgan fingerprint density at radius 3 is 2.72 bits per heavy atom. The Bertz CT molecular complexity index is 896. The molecule has 1 atom stereocenters. The summed E-state index contributed by atoms with van der Waals surface area (Å²) in [7, 11) is 0. The number of phenols is 1. The van der Waals surface area contributed by atoms with E-state index in [2.05, 4.69) is 10.3 Å². The largest absolute Gasteiger partial charge is 0.506 e. The van der Waals surface area contributed by atoms with Crippen LogP contribution in [0.5, 0.6) is 5.75 Å². The molecule has 3 aromatic rings. The molecule has 4 nitrogen and oxygen atoms in total. The van der Waals surface area contributed by atoms with Gasteiger partial charge in [-0.15, -0.1) is 11.6 Å². The minimum atomic E-state index is -0.594. The molecule has 0 spiro atoms. The molecular weight excluding hydrogens is 336 g/mol. The Hall–Kier alpha value is -2.56. The Kier molecular flexibility index (Phi) is 5.53. The van der Waals surface area contributed by atoms with Gasteiger partial charge in [-0.3, -0.25) is 0 Å². The third kappa shape index (κ3) is 4.29. The number of fused-ring (bicyclic) bond motifs is 1. The van der Waals surface area contributed by atoms with Crippen LogP contribution in [0, 0.1) is 0 Å². The maximum absolute atomic E-state index is 9.94. The second-order valence-electron chi connectivity index (χ2n) is 5.69. The van der Waals surface area contributed by atoms with Gasteiger partial charge in [-0.2, -0.15) is 0 Å². The molecule has 0 amide bonds. The first-order valence-electron chi connectivity index (χ1n) is 8.01. The van der Waals surface area contributed by atoms with Gasteiger partial charge in [0.15, 0.2) is 0 Å². The van der Waals surface area contributed by atoms with Crippen molar-refractivity contribution in [2.45, 2.75) is 6.10 Å². The van der Waals surface area contributed by atoms with Crippen LogP contribution in [-0.2, 0) is 0 Å². The van der Waals surface area contributed by atoms with E-state index in [1.54, 1.807) is 12.1 Å². The molecule has 0 saturated heterocycles. The number of aliphatic hydroxyl groups excluding tert-OH is 1. The first kappa shape index (κ1) is 17.3. The summed E-state index contributed by atoms with van der Waals surface area (Å²) >= 11 is 5.63. The van der Waals surface area contributed by atoms with E-state index in [0.717, 1.165) is 22.3 Å². The van der Waals surface area contributed by atoms with E-state index in [9.17, 15) is 10.2 Å². The van der Waals surface area contributed by atoms with Gasteiger partial charge in [-0.05, 0) is 29.8 Å². The summed E-state index contributed by atoms with van der Waals surface area (Å²) in [5, 5.41) is 23.6. The summed E-state index contributed by atoms with van der Waals surface area (Å²) in [6.07, 6.45) is 3.25. The zero-order valence-electron chi connectivity index (χ0n) is 13.6. The molecule has 0 radical (unpaired) electrons. The van der Waals surface area contributed by atoms with E-state index in [1.165, 1.54) is 0 Å². The van der Waals surface area contributed by atoms with Gasteiger partial charge < -0.3 is 15.5 Å². The summed E-state index contributed by atoms with van der Waals surface area (Å²) < 4.78 is 0. The Morgan fingerprint density at radius 1 is 1.04 bits per heavy atom. The zero-order valence-corrected chi connectivity index (χ0v) is 14.3. The molecule has 1 aromatic heterocycles. The minimum absolute atomic E-state index is 0.171. The summed E-state index contributed by atoms with van der Waals surface area (Å²) in [4.78, 5) is 4.49. The van der Waals surface area contributed by atoms with Crippen LogP contribution in [0.1, 0.15) is 11.3 Å². The molecule has 25 heavy (non-hydrogen) atoms. The number of anilines is 1. The van der Waals surface area contributed by atoms with Gasteiger partial charge in [0.1, 0.15) is 11.3 Å². The lowest BCUT2D eigenvalue weighted by atomic mass is 10.1. The summed E-state index contributed by atoms with van der Waals surface area (Å²) in [6.45, 7) is 0.385. The number of benzene rings is 2. The van der Waals surface area contributed by atoms with E-state index in [1.807, 2.05) is 54.6 Å². The number of hydrogen-bond acceptors (Lipinski definition) is 4. The fraction of sp³-hybridized carbons (Fsp3) is 0.150. The number of halogens is 1. The first-order chi connectivity index (χ1) is 12.2. The van der Waals surface area contributed by atoms with Crippen molar-refractivity contribution in [1.29, 1.82) is 0 Å². The number of rotatable bonds is 6. The highest BCUT2D eigenvalue weighted by molar-refractivity contribution is 6.18. The van der Waals surface area contributed by atoms with Crippen LogP contribution in [0.4, 0.5) is 5.69 Å². The fourth-order valence-electron chi connectivity index (χ4n) is 2.50. The summed E-state index contributed by atoms with van der Waals surface area (Å²) in [5.41, 5.74) is 3.22. The second kappa shape index (κ2) is 8.01. The molecule has 0 aliphatic rings. The van der Waals surface area contributed by atoms with E-state index in [4.69, 9.17) is 11.6 Å². The topological polar surface area (TPSA) is 65.4 Å². The van der Waals surface area contributed by atoms with Gasteiger partial charge in [-0.1, -0.05) is 42.5 Å². The number of alkyl halides is 1. The van der Waals surface area contributed by atoms with Gasteiger partial charge in [0.2, 0.25) is 0 Å². The quantitative estimate of drug-likeness (QED) is 0.582. The molecule has 0 aliphatic heterocycles. The minimum Gasteiger partial charge on any atom is -0.506 e. The van der Waals surface area contributed by atoms with Crippen molar-refractivity contribution in [1.82, 2.24) is 4.98 Å². The highest BCUT2D eigenvalue weighted by Gasteiger charge is 2.04. The molecule has 1 heterocycles. The lowest BCUT2D eigenvalue weighted by molar-refractivity contribution is 0.211. The molecule has 3 N–H and O–H groups in total. The normalized spacial score (nSPS) is 12.6. The number of hydrogen-bond donors (Lipinski definition) is 3. The van der Waals surface area contributed by atoms with E-state index < -0.39 is 6.10 Å². The predicted molar refractivity (Wildman–Crippen MR) is 104 cm³/mol. The van der Waals surface area contributed by atoms with Crippen LogP contribution >= 0.6 is 11.6 Å². The van der Waals surface area contributed by atoms with Gasteiger partial charge in [0.25, 0.3) is 0 Å². The number of phenolic OH excluding ortho intramolecular Hbond substituents is 1. The molecule has 0 aliphatic carbocycles. The average Bonchev–Trinajstić information content (AvgIpc) is 2.65. The van der Waals surface area contributed by atoms with Crippen molar-refractivity contribution < 1.29 is 10.2 Å². The maximum atomic E-state index is 9.94. The van der Waals surface area contributed by atoms with Crippen molar-refractivity contribution in [2.24, 2.45) is 0 Å². The molecule has 1 unspecified atom stereocenters. The van der Waals surface area contributed by atoms with Crippen LogP contribution in [0.15, 0.2) is 54.6 Å². The summed E-state index contributed by atoms with van der Waals surface area (Å²) in [5.74, 6) is 0.361. The van der Waals surface area contributed by atoms with Gasteiger partial charge >= 0.3 is 0 Å². The lowest BCUT2D eigenvalue weighted by Gasteiger charge is -2.12. The number of nitrogens with zero attached hydrogens (tertiary/aromatic N) is 1. The Balaban J connectivity index is 1.83. The predicted octanol–water partition coefficient (Wildman–Crippen LogP) is 4.12. The molecule has 3 rings (SSSR count). The molecule has 2 aromatic carbocycles. The van der Waals surface area contributed by atoms with Crippen LogP contribution in [0.3, 0.4) is 0 Å². The third-order valence-corrected chi connectivity index (χ3v) is 4.18. The number of aromatic hydroxyl groups is 1. The molecule has 5 heteroatoms. The van der Waals surface area contributed by atoms with Crippen molar-refractivity contribution >= 4 is 40.3 Å².